The maximum absolute atomic E-state index is 11.9. The number of nitrogens with one attached hydrogen (secondary N) is 1. The summed E-state index contributed by atoms with van der Waals surface area (Å²) in [6.45, 7) is 1.82. The minimum absolute atomic E-state index is 0.120. The summed E-state index contributed by atoms with van der Waals surface area (Å²) in [4.78, 5) is 11.9. The van der Waals surface area contributed by atoms with E-state index in [-0.39, 0.29) is 11.7 Å². The van der Waals surface area contributed by atoms with Crippen molar-refractivity contribution in [2.45, 2.75) is 6.92 Å². The lowest BCUT2D eigenvalue weighted by molar-refractivity contribution is 0.0955. The van der Waals surface area contributed by atoms with Crippen molar-refractivity contribution in [1.82, 2.24) is 5.43 Å². The standard InChI is InChI=1S/C15H13BrN2O2/c1-10(13-4-2-3-5-14(13)16)17-18-15(20)11-6-8-12(19)9-7-11/h2-9,19H,1H3,(H,18,20)/b17-10+. The van der Waals surface area contributed by atoms with Crippen LogP contribution in [0, 0.1) is 0 Å². The fraction of sp³-hybridized carbons (Fsp3) is 0.0667. The zero-order valence-electron chi connectivity index (χ0n) is 10.8. The van der Waals surface area contributed by atoms with Gasteiger partial charge in [-0.05, 0) is 37.3 Å². The fourth-order valence-electron chi connectivity index (χ4n) is 1.63. The number of halogens is 1. The zero-order valence-corrected chi connectivity index (χ0v) is 12.4. The summed E-state index contributed by atoms with van der Waals surface area (Å²) in [5, 5.41) is 13.2. The molecule has 2 N–H and O–H groups in total. The Labute approximate surface area is 125 Å². The molecule has 1 amide bonds. The first kappa shape index (κ1) is 14.3. The second-order valence-corrected chi connectivity index (χ2v) is 5.02. The lowest BCUT2D eigenvalue weighted by Crippen LogP contribution is -2.19. The van der Waals surface area contributed by atoms with Gasteiger partial charge in [-0.3, -0.25) is 4.79 Å². The number of hydrogen-bond donors (Lipinski definition) is 2. The molecule has 0 aliphatic carbocycles. The van der Waals surface area contributed by atoms with E-state index in [0.717, 1.165) is 10.0 Å². The third-order valence-corrected chi connectivity index (χ3v) is 3.41. The van der Waals surface area contributed by atoms with Crippen LogP contribution < -0.4 is 5.43 Å². The number of carbonyl (C=O) groups excluding carboxylic acids is 1. The van der Waals surface area contributed by atoms with Crippen LogP contribution >= 0.6 is 15.9 Å². The summed E-state index contributed by atoms with van der Waals surface area (Å²) in [5.74, 6) is -0.203. The van der Waals surface area contributed by atoms with Gasteiger partial charge >= 0.3 is 0 Å². The van der Waals surface area contributed by atoms with Crippen LogP contribution in [0.5, 0.6) is 5.75 Å². The average molecular weight is 333 g/mol. The van der Waals surface area contributed by atoms with Crippen LogP contribution in [0.4, 0.5) is 0 Å². The van der Waals surface area contributed by atoms with E-state index in [9.17, 15) is 9.90 Å². The summed E-state index contributed by atoms with van der Waals surface area (Å²) >= 11 is 3.44. The van der Waals surface area contributed by atoms with Crippen molar-refractivity contribution in [3.63, 3.8) is 0 Å². The Hall–Kier alpha value is -2.14. The van der Waals surface area contributed by atoms with Gasteiger partial charge in [0.1, 0.15) is 5.75 Å². The largest absolute Gasteiger partial charge is 0.508 e. The number of amides is 1. The third kappa shape index (κ3) is 3.45. The summed E-state index contributed by atoms with van der Waals surface area (Å²) in [6.07, 6.45) is 0. The molecule has 0 spiro atoms. The molecule has 0 bridgehead atoms. The van der Waals surface area contributed by atoms with Gasteiger partial charge < -0.3 is 5.11 Å². The summed E-state index contributed by atoms with van der Waals surface area (Å²) in [5.41, 5.74) is 4.54. The molecule has 0 aliphatic heterocycles. The molecule has 0 fully saturated rings. The van der Waals surface area contributed by atoms with Crippen LogP contribution in [0.1, 0.15) is 22.8 Å². The van der Waals surface area contributed by atoms with Crippen molar-refractivity contribution in [3.05, 3.63) is 64.1 Å². The molecule has 2 aromatic carbocycles. The highest BCUT2D eigenvalue weighted by molar-refractivity contribution is 9.10. The van der Waals surface area contributed by atoms with Crippen molar-refractivity contribution < 1.29 is 9.90 Å². The SMILES string of the molecule is C/C(=N\NC(=O)c1ccc(O)cc1)c1ccccc1Br. The monoisotopic (exact) mass is 332 g/mol. The van der Waals surface area contributed by atoms with Crippen LogP contribution in [0.2, 0.25) is 0 Å². The Bertz CT molecular complexity index is 651. The molecule has 0 unspecified atom stereocenters. The van der Waals surface area contributed by atoms with Crippen molar-refractivity contribution in [2.75, 3.05) is 0 Å². The fourth-order valence-corrected chi connectivity index (χ4v) is 2.20. The first-order valence-corrected chi connectivity index (χ1v) is 6.76. The van der Waals surface area contributed by atoms with Crippen molar-refractivity contribution in [1.29, 1.82) is 0 Å². The topological polar surface area (TPSA) is 61.7 Å². The number of aromatic hydroxyl groups is 1. The predicted molar refractivity (Wildman–Crippen MR) is 81.9 cm³/mol. The number of hydrazone groups is 1. The second kappa shape index (κ2) is 6.34. The maximum atomic E-state index is 11.9. The van der Waals surface area contributed by atoms with E-state index in [0.29, 0.717) is 11.3 Å². The van der Waals surface area contributed by atoms with Gasteiger partial charge in [-0.1, -0.05) is 34.1 Å². The Balaban J connectivity index is 2.11. The number of rotatable bonds is 3. The maximum Gasteiger partial charge on any atom is 0.271 e. The summed E-state index contributed by atoms with van der Waals surface area (Å²) < 4.78 is 0.917. The van der Waals surface area contributed by atoms with Gasteiger partial charge in [0, 0.05) is 15.6 Å². The van der Waals surface area contributed by atoms with E-state index >= 15 is 0 Å². The molecule has 0 heterocycles. The quantitative estimate of drug-likeness (QED) is 0.669. The third-order valence-electron chi connectivity index (χ3n) is 2.72. The van der Waals surface area contributed by atoms with E-state index in [1.165, 1.54) is 24.3 Å². The molecule has 5 heteroatoms. The lowest BCUT2D eigenvalue weighted by Gasteiger charge is -2.05. The lowest BCUT2D eigenvalue weighted by atomic mass is 10.1. The molecule has 4 nitrogen and oxygen atoms in total. The highest BCUT2D eigenvalue weighted by Crippen LogP contribution is 2.16. The minimum Gasteiger partial charge on any atom is -0.508 e. The first-order chi connectivity index (χ1) is 9.58. The van der Waals surface area contributed by atoms with E-state index in [1.54, 1.807) is 0 Å². The Morgan fingerprint density at radius 1 is 1.15 bits per heavy atom. The molecule has 102 valence electrons. The van der Waals surface area contributed by atoms with Crippen LogP contribution in [0.3, 0.4) is 0 Å². The minimum atomic E-state index is -0.323. The van der Waals surface area contributed by atoms with Gasteiger partial charge in [-0.15, -0.1) is 0 Å². The molecule has 0 radical (unpaired) electrons. The second-order valence-electron chi connectivity index (χ2n) is 4.16. The Morgan fingerprint density at radius 3 is 2.45 bits per heavy atom. The number of benzene rings is 2. The predicted octanol–water partition coefficient (Wildman–Crippen LogP) is 3.31. The van der Waals surface area contributed by atoms with Crippen molar-refractivity contribution in [2.24, 2.45) is 5.10 Å². The molecule has 2 rings (SSSR count). The van der Waals surface area contributed by atoms with Gasteiger partial charge in [0.05, 0.1) is 5.71 Å². The van der Waals surface area contributed by atoms with Crippen LogP contribution in [0.15, 0.2) is 58.1 Å². The molecule has 0 aromatic heterocycles. The summed E-state index contributed by atoms with van der Waals surface area (Å²) in [7, 11) is 0. The molecule has 2 aromatic rings. The van der Waals surface area contributed by atoms with Gasteiger partial charge in [0.15, 0.2) is 0 Å². The van der Waals surface area contributed by atoms with Gasteiger partial charge in [-0.2, -0.15) is 5.10 Å². The Morgan fingerprint density at radius 2 is 1.80 bits per heavy atom. The molecular formula is C15H13BrN2O2. The highest BCUT2D eigenvalue weighted by atomic mass is 79.9. The molecule has 0 saturated heterocycles. The molecule has 20 heavy (non-hydrogen) atoms. The molecule has 0 aliphatic rings. The summed E-state index contributed by atoms with van der Waals surface area (Å²) in [6, 6.07) is 13.6. The van der Waals surface area contributed by atoms with Gasteiger partial charge in [0.2, 0.25) is 0 Å². The molecule has 0 saturated carbocycles. The highest BCUT2D eigenvalue weighted by Gasteiger charge is 2.06. The zero-order chi connectivity index (χ0) is 14.5. The normalized spacial score (nSPS) is 11.2. The van der Waals surface area contributed by atoms with E-state index in [4.69, 9.17) is 0 Å². The molecular weight excluding hydrogens is 320 g/mol. The van der Waals surface area contributed by atoms with E-state index in [1.807, 2.05) is 31.2 Å². The van der Waals surface area contributed by atoms with E-state index < -0.39 is 0 Å². The van der Waals surface area contributed by atoms with Crippen LogP contribution in [-0.4, -0.2) is 16.7 Å². The average Bonchev–Trinajstić information content (AvgIpc) is 2.45. The van der Waals surface area contributed by atoms with Crippen molar-refractivity contribution >= 4 is 27.5 Å². The number of phenolic OH excluding ortho intramolecular Hbond substituents is 1. The van der Waals surface area contributed by atoms with E-state index in [2.05, 4.69) is 26.5 Å². The van der Waals surface area contributed by atoms with Crippen LogP contribution in [0.25, 0.3) is 0 Å². The number of carbonyl (C=O) groups is 1. The number of nitrogens with zero attached hydrogens (tertiary/aromatic N) is 1. The van der Waals surface area contributed by atoms with Gasteiger partial charge in [0.25, 0.3) is 5.91 Å². The van der Waals surface area contributed by atoms with Crippen LogP contribution in [-0.2, 0) is 0 Å². The number of hydrogen-bond acceptors (Lipinski definition) is 3. The van der Waals surface area contributed by atoms with Gasteiger partial charge in [-0.25, -0.2) is 5.43 Å². The van der Waals surface area contributed by atoms with Crippen molar-refractivity contribution in [3.8, 4) is 5.75 Å². The smallest absolute Gasteiger partial charge is 0.271 e. The Kier molecular flexibility index (Phi) is 4.53. The molecule has 0 atom stereocenters. The number of phenols is 1. The first-order valence-electron chi connectivity index (χ1n) is 5.96.